The molecule has 0 unspecified atom stereocenters. The Balaban J connectivity index is 2.14. The molecule has 0 amide bonds. The fourth-order valence-corrected chi connectivity index (χ4v) is 1.51. The molecule has 0 aliphatic rings. The van der Waals surface area contributed by atoms with Crippen molar-refractivity contribution in [1.82, 2.24) is 19.1 Å². The summed E-state index contributed by atoms with van der Waals surface area (Å²) in [5.41, 5.74) is 0. The van der Waals surface area contributed by atoms with Crippen LogP contribution in [0, 0.1) is 17.0 Å². The Morgan fingerprint density at radius 3 is 2.94 bits per heavy atom. The molecule has 0 saturated heterocycles. The molecule has 0 aromatic carbocycles. The van der Waals surface area contributed by atoms with Gasteiger partial charge in [-0.05, 0) is 4.92 Å². The number of imidazole rings is 2. The van der Waals surface area contributed by atoms with Gasteiger partial charge in [-0.25, -0.2) is 14.5 Å². The van der Waals surface area contributed by atoms with E-state index >= 15 is 0 Å². The molecule has 2 aromatic rings. The molecule has 2 aromatic heterocycles. The van der Waals surface area contributed by atoms with E-state index in [-0.39, 0.29) is 5.82 Å². The van der Waals surface area contributed by atoms with Crippen LogP contribution in [-0.4, -0.2) is 24.0 Å². The van der Waals surface area contributed by atoms with Crippen LogP contribution in [0.4, 0.5) is 5.82 Å². The molecule has 7 nitrogen and oxygen atoms in total. The summed E-state index contributed by atoms with van der Waals surface area (Å²) in [6.07, 6.45) is 6.45. The van der Waals surface area contributed by atoms with E-state index in [4.69, 9.17) is 0 Å². The maximum atomic E-state index is 10.7. The van der Waals surface area contributed by atoms with Crippen LogP contribution in [0.2, 0.25) is 0 Å². The molecule has 0 aliphatic carbocycles. The van der Waals surface area contributed by atoms with E-state index < -0.39 is 4.92 Å². The highest BCUT2D eigenvalue weighted by molar-refractivity contribution is 5.18. The van der Waals surface area contributed by atoms with Crippen LogP contribution in [0.5, 0.6) is 0 Å². The third kappa shape index (κ3) is 1.92. The van der Waals surface area contributed by atoms with Crippen molar-refractivity contribution in [3.63, 3.8) is 0 Å². The van der Waals surface area contributed by atoms with Crippen LogP contribution in [0.1, 0.15) is 5.82 Å². The van der Waals surface area contributed by atoms with Crippen molar-refractivity contribution in [3.05, 3.63) is 40.9 Å². The molecule has 0 spiro atoms. The number of hydrogen-bond donors (Lipinski definition) is 0. The van der Waals surface area contributed by atoms with E-state index in [1.54, 1.807) is 24.0 Å². The van der Waals surface area contributed by atoms with Crippen molar-refractivity contribution in [1.29, 1.82) is 0 Å². The van der Waals surface area contributed by atoms with Gasteiger partial charge in [0.15, 0.2) is 5.82 Å². The zero-order valence-electron chi connectivity index (χ0n) is 8.78. The summed E-state index contributed by atoms with van der Waals surface area (Å²) in [6.45, 7) is 2.90. The average molecular weight is 221 g/mol. The molecule has 7 heteroatoms. The maximum absolute atomic E-state index is 10.7. The lowest BCUT2D eigenvalue weighted by molar-refractivity contribution is -0.392. The third-order valence-electron chi connectivity index (χ3n) is 2.36. The molecule has 0 bridgehead atoms. The number of aryl methyl sites for hydroxylation is 2. The molecule has 16 heavy (non-hydrogen) atoms. The summed E-state index contributed by atoms with van der Waals surface area (Å²) >= 11 is 0. The van der Waals surface area contributed by atoms with Crippen molar-refractivity contribution in [2.24, 2.45) is 0 Å². The first-order valence-corrected chi connectivity index (χ1v) is 4.81. The van der Waals surface area contributed by atoms with Gasteiger partial charge in [0.05, 0.1) is 12.9 Å². The first-order chi connectivity index (χ1) is 7.68. The van der Waals surface area contributed by atoms with Gasteiger partial charge >= 0.3 is 5.82 Å². The molecule has 2 rings (SSSR count). The monoisotopic (exact) mass is 221 g/mol. The number of nitrogens with zero attached hydrogens (tertiary/aromatic N) is 5. The van der Waals surface area contributed by atoms with Gasteiger partial charge < -0.3 is 14.7 Å². The van der Waals surface area contributed by atoms with Gasteiger partial charge in [-0.3, -0.25) is 0 Å². The molecule has 2 heterocycles. The van der Waals surface area contributed by atoms with Crippen molar-refractivity contribution in [2.75, 3.05) is 0 Å². The van der Waals surface area contributed by atoms with E-state index in [0.29, 0.717) is 18.9 Å². The highest BCUT2D eigenvalue weighted by Crippen LogP contribution is 2.13. The lowest BCUT2D eigenvalue weighted by Crippen LogP contribution is -2.10. The second-order valence-corrected chi connectivity index (χ2v) is 3.37. The number of hydrogen-bond acceptors (Lipinski definition) is 4. The molecule has 0 N–H and O–H groups in total. The number of rotatable bonds is 4. The van der Waals surface area contributed by atoms with Crippen LogP contribution >= 0.6 is 0 Å². The Bertz CT molecular complexity index is 488. The summed E-state index contributed by atoms with van der Waals surface area (Å²) in [5.74, 6) is 0.671. The van der Waals surface area contributed by atoms with E-state index in [1.165, 1.54) is 6.20 Å². The Kier molecular flexibility index (Phi) is 2.67. The predicted molar refractivity (Wildman–Crippen MR) is 55.8 cm³/mol. The first kappa shape index (κ1) is 10.3. The number of aromatic nitrogens is 4. The van der Waals surface area contributed by atoms with Gasteiger partial charge in [-0.15, -0.1) is 0 Å². The fraction of sp³-hybridized carbons (Fsp3) is 0.333. The normalized spacial score (nSPS) is 10.6. The van der Waals surface area contributed by atoms with Crippen LogP contribution < -0.4 is 0 Å². The summed E-state index contributed by atoms with van der Waals surface area (Å²) in [5, 5.41) is 10.7. The molecule has 0 fully saturated rings. The summed E-state index contributed by atoms with van der Waals surface area (Å²) < 4.78 is 3.45. The summed E-state index contributed by atoms with van der Waals surface area (Å²) in [4.78, 5) is 18.1. The highest BCUT2D eigenvalue weighted by atomic mass is 16.6. The molecular weight excluding hydrogens is 210 g/mol. The maximum Gasteiger partial charge on any atom is 0.342 e. The van der Waals surface area contributed by atoms with Gasteiger partial charge in [0, 0.05) is 19.3 Å². The Hall–Kier alpha value is -2.18. The fourth-order valence-electron chi connectivity index (χ4n) is 1.51. The van der Waals surface area contributed by atoms with E-state index in [1.807, 2.05) is 10.8 Å². The van der Waals surface area contributed by atoms with Crippen LogP contribution in [0.25, 0.3) is 0 Å². The Morgan fingerprint density at radius 2 is 2.31 bits per heavy atom. The molecule has 0 radical (unpaired) electrons. The second-order valence-electron chi connectivity index (χ2n) is 3.37. The Morgan fingerprint density at radius 1 is 1.50 bits per heavy atom. The van der Waals surface area contributed by atoms with Crippen LogP contribution in [-0.2, 0) is 13.1 Å². The van der Waals surface area contributed by atoms with Gasteiger partial charge in [0.2, 0.25) is 0 Å². The number of nitro groups is 1. The third-order valence-corrected chi connectivity index (χ3v) is 2.36. The smallest absolute Gasteiger partial charge is 0.342 e. The van der Waals surface area contributed by atoms with Gasteiger partial charge in [-0.2, -0.15) is 0 Å². The van der Waals surface area contributed by atoms with E-state index in [0.717, 1.165) is 0 Å². The lowest BCUT2D eigenvalue weighted by atomic mass is 10.5. The molecular formula is C9H11N5O2. The quantitative estimate of drug-likeness (QED) is 0.569. The van der Waals surface area contributed by atoms with Gasteiger partial charge in [0.25, 0.3) is 0 Å². The minimum atomic E-state index is -0.423. The van der Waals surface area contributed by atoms with Gasteiger partial charge in [-0.1, -0.05) is 0 Å². The van der Waals surface area contributed by atoms with E-state index in [9.17, 15) is 10.1 Å². The highest BCUT2D eigenvalue weighted by Gasteiger charge is 2.16. The summed E-state index contributed by atoms with van der Waals surface area (Å²) in [7, 11) is 0. The van der Waals surface area contributed by atoms with Crippen molar-refractivity contribution in [2.45, 2.75) is 20.0 Å². The minimum absolute atomic E-state index is 0.0256. The minimum Gasteiger partial charge on any atom is -0.358 e. The average Bonchev–Trinajstić information content (AvgIpc) is 2.84. The molecule has 0 atom stereocenters. The zero-order chi connectivity index (χ0) is 11.5. The van der Waals surface area contributed by atoms with Gasteiger partial charge in [0.1, 0.15) is 12.7 Å². The zero-order valence-corrected chi connectivity index (χ0v) is 8.78. The van der Waals surface area contributed by atoms with Crippen molar-refractivity contribution in [3.8, 4) is 0 Å². The topological polar surface area (TPSA) is 78.8 Å². The molecule has 0 saturated carbocycles. The van der Waals surface area contributed by atoms with E-state index in [2.05, 4.69) is 9.97 Å². The van der Waals surface area contributed by atoms with Crippen LogP contribution in [0.3, 0.4) is 0 Å². The van der Waals surface area contributed by atoms with Crippen molar-refractivity contribution < 1.29 is 4.92 Å². The second kappa shape index (κ2) is 4.13. The molecule has 84 valence electrons. The van der Waals surface area contributed by atoms with Crippen LogP contribution in [0.15, 0.2) is 24.9 Å². The predicted octanol–water partition coefficient (Wildman–Crippen LogP) is 0.996. The largest absolute Gasteiger partial charge is 0.358 e. The Labute approximate surface area is 91.5 Å². The standard InChI is InChI=1S/C9H11N5O2/c1-8-11-6-9(14(15)16)13(8)5-4-12-3-2-10-7-12/h2-3,6-7H,4-5H2,1H3. The summed E-state index contributed by atoms with van der Waals surface area (Å²) in [6, 6.07) is 0. The first-order valence-electron chi connectivity index (χ1n) is 4.81. The SMILES string of the molecule is Cc1ncc([N+](=O)[O-])n1CCn1ccnc1. The van der Waals surface area contributed by atoms with Crippen molar-refractivity contribution >= 4 is 5.82 Å². The molecule has 0 aliphatic heterocycles. The lowest BCUT2D eigenvalue weighted by Gasteiger charge is -2.03.